The Bertz CT molecular complexity index is 588. The van der Waals surface area contributed by atoms with Crippen molar-refractivity contribution in [2.24, 2.45) is 12.2 Å². The molecule has 0 bridgehead atoms. The molecule has 1 fully saturated rings. The summed E-state index contributed by atoms with van der Waals surface area (Å²) in [6.07, 6.45) is 4.38. The molecular formula is C12H19N3O4S. The largest absolute Gasteiger partial charge is 0.378 e. The lowest BCUT2D eigenvalue weighted by atomic mass is 10.2. The zero-order valence-corrected chi connectivity index (χ0v) is 12.1. The Labute approximate surface area is 118 Å². The number of carbonyl (C=O) groups is 1. The maximum absolute atomic E-state index is 12.0. The molecule has 112 valence electrons. The number of primary sulfonamides is 1. The molecule has 20 heavy (non-hydrogen) atoms. The molecular weight excluding hydrogens is 282 g/mol. The Morgan fingerprint density at radius 1 is 1.60 bits per heavy atom. The van der Waals surface area contributed by atoms with Gasteiger partial charge in [-0.1, -0.05) is 0 Å². The molecule has 0 spiro atoms. The fourth-order valence-corrected chi connectivity index (χ4v) is 2.81. The van der Waals surface area contributed by atoms with Crippen LogP contribution in [0.3, 0.4) is 0 Å². The molecule has 1 unspecified atom stereocenters. The minimum atomic E-state index is -3.79. The molecule has 1 aromatic heterocycles. The number of aromatic nitrogens is 1. The Kier molecular flexibility index (Phi) is 4.46. The number of ether oxygens (including phenoxy) is 1. The molecule has 2 rings (SSSR count). The number of hydrogen-bond acceptors (Lipinski definition) is 4. The third-order valence-corrected chi connectivity index (χ3v) is 4.20. The third-order valence-electron chi connectivity index (χ3n) is 3.32. The maximum Gasteiger partial charge on any atom is 0.267 e. The van der Waals surface area contributed by atoms with E-state index in [1.54, 1.807) is 7.05 Å². The number of rotatable bonds is 5. The first-order valence-electron chi connectivity index (χ1n) is 6.47. The zero-order valence-electron chi connectivity index (χ0n) is 11.3. The molecule has 1 amide bonds. The number of hydrogen-bond donors (Lipinski definition) is 2. The Morgan fingerprint density at radius 2 is 2.35 bits per heavy atom. The maximum atomic E-state index is 12.0. The fourth-order valence-electron chi connectivity index (χ4n) is 2.22. The van der Waals surface area contributed by atoms with Gasteiger partial charge in [0, 0.05) is 26.4 Å². The van der Waals surface area contributed by atoms with Gasteiger partial charge < -0.3 is 14.6 Å². The predicted octanol–water partition coefficient (Wildman–Crippen LogP) is -0.0286. The van der Waals surface area contributed by atoms with Crippen LogP contribution in [0.5, 0.6) is 0 Å². The Morgan fingerprint density at radius 3 is 2.90 bits per heavy atom. The first kappa shape index (κ1) is 15.0. The normalized spacial score (nSPS) is 19.2. The van der Waals surface area contributed by atoms with Crippen LogP contribution in [0.2, 0.25) is 0 Å². The van der Waals surface area contributed by atoms with Gasteiger partial charge >= 0.3 is 0 Å². The van der Waals surface area contributed by atoms with E-state index < -0.39 is 10.0 Å². The first-order chi connectivity index (χ1) is 9.38. The molecule has 3 N–H and O–H groups in total. The smallest absolute Gasteiger partial charge is 0.267 e. The van der Waals surface area contributed by atoms with Crippen LogP contribution in [0.25, 0.3) is 0 Å². The van der Waals surface area contributed by atoms with E-state index in [0.29, 0.717) is 6.54 Å². The summed E-state index contributed by atoms with van der Waals surface area (Å²) in [6.45, 7) is 1.29. The summed E-state index contributed by atoms with van der Waals surface area (Å²) in [4.78, 5) is 11.9. The van der Waals surface area contributed by atoms with Crippen LogP contribution in [0.1, 0.15) is 29.8 Å². The van der Waals surface area contributed by atoms with Gasteiger partial charge in [-0.2, -0.15) is 0 Å². The summed E-state index contributed by atoms with van der Waals surface area (Å²) in [6, 6.07) is 1.27. The van der Waals surface area contributed by atoms with Crippen molar-refractivity contribution in [3.05, 3.63) is 18.0 Å². The number of nitrogens with one attached hydrogen (secondary N) is 1. The molecule has 0 saturated carbocycles. The van der Waals surface area contributed by atoms with E-state index in [1.807, 2.05) is 0 Å². The van der Waals surface area contributed by atoms with Gasteiger partial charge in [0.05, 0.1) is 6.10 Å². The van der Waals surface area contributed by atoms with Crippen molar-refractivity contribution in [2.45, 2.75) is 30.3 Å². The molecule has 1 saturated heterocycles. The Balaban J connectivity index is 1.93. The van der Waals surface area contributed by atoms with Crippen LogP contribution in [-0.2, 0) is 21.8 Å². The number of aryl methyl sites for hydroxylation is 1. The molecule has 1 aromatic rings. The van der Waals surface area contributed by atoms with Gasteiger partial charge in [0.15, 0.2) is 0 Å². The third kappa shape index (κ3) is 3.59. The Hall–Kier alpha value is -1.38. The lowest BCUT2D eigenvalue weighted by Crippen LogP contribution is -2.28. The highest BCUT2D eigenvalue weighted by molar-refractivity contribution is 7.89. The topological polar surface area (TPSA) is 103 Å². The molecule has 7 nitrogen and oxygen atoms in total. The van der Waals surface area contributed by atoms with Gasteiger partial charge in [-0.05, 0) is 25.3 Å². The van der Waals surface area contributed by atoms with Gasteiger partial charge in [-0.3, -0.25) is 4.79 Å². The van der Waals surface area contributed by atoms with E-state index in [-0.39, 0.29) is 22.6 Å². The fraction of sp³-hybridized carbons (Fsp3) is 0.583. The first-order valence-corrected chi connectivity index (χ1v) is 8.01. The van der Waals surface area contributed by atoms with Crippen molar-refractivity contribution in [3.8, 4) is 0 Å². The second-order valence-corrected chi connectivity index (χ2v) is 6.46. The number of amides is 1. The monoisotopic (exact) mass is 301 g/mol. The highest BCUT2D eigenvalue weighted by Crippen LogP contribution is 2.15. The summed E-state index contributed by atoms with van der Waals surface area (Å²) in [5.41, 5.74) is 0.265. The van der Waals surface area contributed by atoms with Gasteiger partial charge in [0.25, 0.3) is 5.91 Å². The molecule has 1 atom stereocenters. The van der Waals surface area contributed by atoms with E-state index in [1.165, 1.54) is 16.8 Å². The van der Waals surface area contributed by atoms with Crippen LogP contribution in [0.4, 0.5) is 0 Å². The summed E-state index contributed by atoms with van der Waals surface area (Å²) < 4.78 is 29.4. The summed E-state index contributed by atoms with van der Waals surface area (Å²) >= 11 is 0. The van der Waals surface area contributed by atoms with E-state index in [9.17, 15) is 13.2 Å². The molecule has 0 aliphatic carbocycles. The molecule has 1 aliphatic heterocycles. The minimum absolute atomic E-state index is 0.0655. The van der Waals surface area contributed by atoms with E-state index in [0.717, 1.165) is 25.9 Å². The van der Waals surface area contributed by atoms with Crippen molar-refractivity contribution in [1.29, 1.82) is 0 Å². The summed E-state index contributed by atoms with van der Waals surface area (Å²) in [7, 11) is -2.19. The van der Waals surface area contributed by atoms with Gasteiger partial charge in [0.2, 0.25) is 10.0 Å². The van der Waals surface area contributed by atoms with Crippen LogP contribution in [0, 0.1) is 0 Å². The minimum Gasteiger partial charge on any atom is -0.378 e. The van der Waals surface area contributed by atoms with Crippen LogP contribution >= 0.6 is 0 Å². The van der Waals surface area contributed by atoms with Crippen LogP contribution in [0.15, 0.2) is 17.2 Å². The molecule has 0 aromatic carbocycles. The van der Waals surface area contributed by atoms with Crippen LogP contribution in [-0.4, -0.2) is 38.1 Å². The summed E-state index contributed by atoms with van der Waals surface area (Å²) in [5.74, 6) is -0.319. The molecule has 2 heterocycles. The quantitative estimate of drug-likeness (QED) is 0.797. The lowest BCUT2D eigenvalue weighted by molar-refractivity contribution is 0.0900. The SMILES string of the molecule is Cn1cc(S(N)(=O)=O)cc1C(=O)NCCC1CCCO1. The zero-order chi connectivity index (χ0) is 14.8. The number of carbonyl (C=O) groups excluding carboxylic acids is 1. The number of nitrogens with two attached hydrogens (primary N) is 1. The average Bonchev–Trinajstić information content (AvgIpc) is 2.97. The van der Waals surface area contributed by atoms with Crippen molar-refractivity contribution < 1.29 is 17.9 Å². The van der Waals surface area contributed by atoms with Crippen molar-refractivity contribution in [2.75, 3.05) is 13.2 Å². The second kappa shape index (κ2) is 5.94. The molecule has 8 heteroatoms. The summed E-state index contributed by atoms with van der Waals surface area (Å²) in [5, 5.41) is 7.79. The van der Waals surface area contributed by atoms with E-state index >= 15 is 0 Å². The van der Waals surface area contributed by atoms with Gasteiger partial charge in [0.1, 0.15) is 10.6 Å². The standard InChI is InChI=1S/C12H19N3O4S/c1-15-8-10(20(13,17)18)7-11(15)12(16)14-5-4-9-3-2-6-19-9/h7-9H,2-6H2,1H3,(H,14,16)(H2,13,17,18). The van der Waals surface area contributed by atoms with Crippen LogP contribution < -0.4 is 10.5 Å². The average molecular weight is 301 g/mol. The van der Waals surface area contributed by atoms with E-state index in [4.69, 9.17) is 9.88 Å². The predicted molar refractivity (Wildman–Crippen MR) is 72.7 cm³/mol. The number of sulfonamides is 1. The second-order valence-electron chi connectivity index (χ2n) is 4.90. The van der Waals surface area contributed by atoms with Gasteiger partial charge in [-0.25, -0.2) is 13.6 Å². The molecule has 1 aliphatic rings. The van der Waals surface area contributed by atoms with E-state index in [2.05, 4.69) is 5.32 Å². The lowest BCUT2D eigenvalue weighted by Gasteiger charge is -2.10. The van der Waals surface area contributed by atoms with Crippen molar-refractivity contribution >= 4 is 15.9 Å². The van der Waals surface area contributed by atoms with Crippen molar-refractivity contribution in [1.82, 2.24) is 9.88 Å². The van der Waals surface area contributed by atoms with Gasteiger partial charge in [-0.15, -0.1) is 0 Å². The molecule has 0 radical (unpaired) electrons. The highest BCUT2D eigenvalue weighted by Gasteiger charge is 2.18. The van der Waals surface area contributed by atoms with Crippen molar-refractivity contribution in [3.63, 3.8) is 0 Å². The highest BCUT2D eigenvalue weighted by atomic mass is 32.2. The number of nitrogens with zero attached hydrogens (tertiary/aromatic N) is 1.